The van der Waals surface area contributed by atoms with Gasteiger partial charge in [0.2, 0.25) is 0 Å². The molecule has 3 N–H and O–H groups in total. The minimum Gasteiger partial charge on any atom is -0.335 e. The molecule has 2 rings (SSSR count). The molecule has 1 unspecified atom stereocenters. The third-order valence-electron chi connectivity index (χ3n) is 3.45. The van der Waals surface area contributed by atoms with Crippen LogP contribution in [0.2, 0.25) is 0 Å². The van der Waals surface area contributed by atoms with E-state index in [0.29, 0.717) is 13.1 Å². The Balaban J connectivity index is 2.47. The van der Waals surface area contributed by atoms with Gasteiger partial charge in [0.1, 0.15) is 0 Å². The minimum absolute atomic E-state index is 0.0330. The number of nitrogens with one attached hydrogen (secondary N) is 1. The molecule has 2 amide bonds. The molecule has 1 atom stereocenters. The molecular formula is C12H17N3O. The summed E-state index contributed by atoms with van der Waals surface area (Å²) in [4.78, 5) is 13.3. The van der Waals surface area contributed by atoms with Gasteiger partial charge in [-0.2, -0.15) is 0 Å². The number of carbonyl (C=O) groups excluding carboxylic acids is 1. The lowest BCUT2D eigenvalue weighted by Crippen LogP contribution is -2.40. The maximum Gasteiger partial charge on any atom is 0.318 e. The highest BCUT2D eigenvalue weighted by atomic mass is 16.2. The molecule has 86 valence electrons. The van der Waals surface area contributed by atoms with Gasteiger partial charge in [0.15, 0.2) is 0 Å². The SMILES string of the molecule is CN1C(=O)NCC1(C)c1ccccc1CN. The lowest BCUT2D eigenvalue weighted by atomic mass is 9.88. The molecule has 1 heterocycles. The van der Waals surface area contributed by atoms with Crippen LogP contribution in [-0.2, 0) is 12.1 Å². The second-order valence-corrected chi connectivity index (χ2v) is 4.35. The molecule has 0 spiro atoms. The van der Waals surface area contributed by atoms with Crippen LogP contribution in [0.15, 0.2) is 24.3 Å². The van der Waals surface area contributed by atoms with Crippen LogP contribution in [0.3, 0.4) is 0 Å². The zero-order chi connectivity index (χ0) is 11.8. The Bertz CT molecular complexity index is 418. The summed E-state index contributed by atoms with van der Waals surface area (Å²) in [7, 11) is 1.82. The van der Waals surface area contributed by atoms with Crippen molar-refractivity contribution in [3.05, 3.63) is 35.4 Å². The average molecular weight is 219 g/mol. The van der Waals surface area contributed by atoms with Crippen molar-refractivity contribution in [3.8, 4) is 0 Å². The topological polar surface area (TPSA) is 58.4 Å². The molecule has 4 heteroatoms. The van der Waals surface area contributed by atoms with Crippen molar-refractivity contribution in [3.63, 3.8) is 0 Å². The lowest BCUT2D eigenvalue weighted by Gasteiger charge is -2.32. The molecule has 16 heavy (non-hydrogen) atoms. The molecule has 1 aliphatic rings. The molecular weight excluding hydrogens is 202 g/mol. The molecule has 0 saturated carbocycles. The predicted octanol–water partition coefficient (Wildman–Crippen LogP) is 1.02. The van der Waals surface area contributed by atoms with Gasteiger partial charge < -0.3 is 16.0 Å². The lowest BCUT2D eigenvalue weighted by molar-refractivity contribution is 0.188. The van der Waals surface area contributed by atoms with E-state index in [-0.39, 0.29) is 11.6 Å². The summed E-state index contributed by atoms with van der Waals surface area (Å²) in [5, 5.41) is 2.86. The number of hydrogen-bond acceptors (Lipinski definition) is 2. The number of nitrogens with zero attached hydrogens (tertiary/aromatic N) is 1. The fourth-order valence-corrected chi connectivity index (χ4v) is 2.21. The third-order valence-corrected chi connectivity index (χ3v) is 3.45. The van der Waals surface area contributed by atoms with Crippen molar-refractivity contribution in [2.75, 3.05) is 13.6 Å². The van der Waals surface area contributed by atoms with Gasteiger partial charge in [0, 0.05) is 20.1 Å². The van der Waals surface area contributed by atoms with Gasteiger partial charge in [0.05, 0.1) is 5.54 Å². The maximum absolute atomic E-state index is 11.5. The highest BCUT2D eigenvalue weighted by molar-refractivity contribution is 5.78. The van der Waals surface area contributed by atoms with Crippen LogP contribution in [0.1, 0.15) is 18.1 Å². The molecule has 1 aromatic carbocycles. The van der Waals surface area contributed by atoms with E-state index in [1.165, 1.54) is 0 Å². The number of carbonyl (C=O) groups is 1. The van der Waals surface area contributed by atoms with Crippen molar-refractivity contribution < 1.29 is 4.79 Å². The van der Waals surface area contributed by atoms with Gasteiger partial charge in [-0.3, -0.25) is 0 Å². The van der Waals surface area contributed by atoms with E-state index in [0.717, 1.165) is 11.1 Å². The van der Waals surface area contributed by atoms with Crippen LogP contribution in [0.4, 0.5) is 4.79 Å². The minimum atomic E-state index is -0.299. The second-order valence-electron chi connectivity index (χ2n) is 4.35. The maximum atomic E-state index is 11.5. The van der Waals surface area contributed by atoms with Crippen LogP contribution in [0, 0.1) is 0 Å². The van der Waals surface area contributed by atoms with Gasteiger partial charge in [-0.15, -0.1) is 0 Å². The number of benzene rings is 1. The fraction of sp³-hybridized carbons (Fsp3) is 0.417. The summed E-state index contributed by atoms with van der Waals surface area (Å²) in [6.07, 6.45) is 0. The normalized spacial score (nSPS) is 24.7. The number of rotatable bonds is 2. The molecule has 0 aliphatic carbocycles. The van der Waals surface area contributed by atoms with Crippen molar-refractivity contribution >= 4 is 6.03 Å². The molecule has 0 radical (unpaired) electrons. The van der Waals surface area contributed by atoms with Gasteiger partial charge in [-0.05, 0) is 18.1 Å². The monoisotopic (exact) mass is 219 g/mol. The summed E-state index contributed by atoms with van der Waals surface area (Å²) in [6, 6.07) is 7.97. The summed E-state index contributed by atoms with van der Waals surface area (Å²) >= 11 is 0. The largest absolute Gasteiger partial charge is 0.335 e. The zero-order valence-electron chi connectivity index (χ0n) is 9.66. The first-order valence-corrected chi connectivity index (χ1v) is 5.39. The molecule has 1 fully saturated rings. The highest BCUT2D eigenvalue weighted by Crippen LogP contribution is 2.32. The molecule has 0 aromatic heterocycles. The highest BCUT2D eigenvalue weighted by Gasteiger charge is 2.41. The average Bonchev–Trinajstić information content (AvgIpc) is 2.58. The van der Waals surface area contributed by atoms with Crippen molar-refractivity contribution in [1.29, 1.82) is 0 Å². The summed E-state index contributed by atoms with van der Waals surface area (Å²) in [6.45, 7) is 3.17. The van der Waals surface area contributed by atoms with Gasteiger partial charge in [-0.25, -0.2) is 4.79 Å². The number of likely N-dealkylation sites (N-methyl/N-ethyl adjacent to an activating group) is 1. The fourth-order valence-electron chi connectivity index (χ4n) is 2.21. The Hall–Kier alpha value is -1.55. The van der Waals surface area contributed by atoms with E-state index < -0.39 is 0 Å². The quantitative estimate of drug-likeness (QED) is 0.780. The van der Waals surface area contributed by atoms with Crippen LogP contribution >= 0.6 is 0 Å². The van der Waals surface area contributed by atoms with E-state index in [4.69, 9.17) is 5.73 Å². The van der Waals surface area contributed by atoms with Gasteiger partial charge in [0.25, 0.3) is 0 Å². The van der Waals surface area contributed by atoms with Crippen LogP contribution < -0.4 is 11.1 Å². The van der Waals surface area contributed by atoms with Crippen molar-refractivity contribution in [2.24, 2.45) is 5.73 Å². The first-order chi connectivity index (χ1) is 7.59. The summed E-state index contributed by atoms with van der Waals surface area (Å²) in [5.41, 5.74) is 7.65. The Labute approximate surface area is 95.4 Å². The number of urea groups is 1. The van der Waals surface area contributed by atoms with Crippen molar-refractivity contribution in [1.82, 2.24) is 10.2 Å². The molecule has 1 saturated heterocycles. The molecule has 1 aromatic rings. The first-order valence-electron chi connectivity index (χ1n) is 5.39. The molecule has 4 nitrogen and oxygen atoms in total. The van der Waals surface area contributed by atoms with Crippen LogP contribution in [0.5, 0.6) is 0 Å². The van der Waals surface area contributed by atoms with Gasteiger partial charge >= 0.3 is 6.03 Å². The molecule has 0 bridgehead atoms. The number of hydrogen-bond donors (Lipinski definition) is 2. The van der Waals surface area contributed by atoms with E-state index in [1.54, 1.807) is 4.90 Å². The van der Waals surface area contributed by atoms with Crippen LogP contribution in [0.25, 0.3) is 0 Å². The Morgan fingerprint density at radius 1 is 1.50 bits per heavy atom. The van der Waals surface area contributed by atoms with E-state index >= 15 is 0 Å². The Morgan fingerprint density at radius 3 is 2.75 bits per heavy atom. The standard InChI is InChI=1S/C12H17N3O/c1-12(8-14-11(16)15(12)2)10-6-4-3-5-9(10)7-13/h3-6H,7-8,13H2,1-2H3,(H,14,16). The van der Waals surface area contributed by atoms with E-state index in [2.05, 4.69) is 12.2 Å². The van der Waals surface area contributed by atoms with Crippen molar-refractivity contribution in [2.45, 2.75) is 19.0 Å². The summed E-state index contributed by atoms with van der Waals surface area (Å²) < 4.78 is 0. The smallest absolute Gasteiger partial charge is 0.318 e. The Morgan fingerprint density at radius 2 is 2.19 bits per heavy atom. The molecule has 1 aliphatic heterocycles. The van der Waals surface area contributed by atoms with Gasteiger partial charge in [-0.1, -0.05) is 24.3 Å². The second kappa shape index (κ2) is 3.79. The third kappa shape index (κ3) is 1.46. The predicted molar refractivity (Wildman–Crippen MR) is 62.8 cm³/mol. The van der Waals surface area contributed by atoms with E-state index in [9.17, 15) is 4.79 Å². The van der Waals surface area contributed by atoms with Crippen LogP contribution in [-0.4, -0.2) is 24.5 Å². The zero-order valence-corrected chi connectivity index (χ0v) is 9.66. The Kier molecular flexibility index (Phi) is 2.59. The number of amides is 2. The number of nitrogens with two attached hydrogens (primary N) is 1. The first kappa shape index (κ1) is 11.0. The summed E-state index contributed by atoms with van der Waals surface area (Å²) in [5.74, 6) is 0. The van der Waals surface area contributed by atoms with E-state index in [1.807, 2.05) is 31.3 Å².